The van der Waals surface area contributed by atoms with Gasteiger partial charge in [0.25, 0.3) is 0 Å². The average molecular weight is 224 g/mol. The van der Waals surface area contributed by atoms with Crippen molar-refractivity contribution in [2.45, 2.75) is 0 Å². The number of rotatable bonds is 2. The van der Waals surface area contributed by atoms with Crippen molar-refractivity contribution in [1.29, 1.82) is 0 Å². The maximum absolute atomic E-state index is 5.79. The summed E-state index contributed by atoms with van der Waals surface area (Å²) in [5.41, 5.74) is 13.3. The standard InChI is InChI=1S/C14H12N2O/c1-2-10-3-6-12(7-4-10)17-14-8-5-11(15)9-13(14)16/h1,3-9H,15-16H2. The molecule has 84 valence electrons. The van der Waals surface area contributed by atoms with E-state index < -0.39 is 0 Å². The molecule has 0 aliphatic carbocycles. The molecule has 4 N–H and O–H groups in total. The quantitative estimate of drug-likeness (QED) is 0.609. The van der Waals surface area contributed by atoms with Gasteiger partial charge in [-0.3, -0.25) is 0 Å². The Morgan fingerprint density at radius 3 is 2.29 bits per heavy atom. The number of anilines is 2. The van der Waals surface area contributed by atoms with Crippen LogP contribution < -0.4 is 16.2 Å². The molecule has 3 heteroatoms. The van der Waals surface area contributed by atoms with E-state index in [4.69, 9.17) is 22.6 Å². The minimum Gasteiger partial charge on any atom is -0.455 e. The molecule has 0 amide bonds. The summed E-state index contributed by atoms with van der Waals surface area (Å²) < 4.78 is 5.61. The first-order chi connectivity index (χ1) is 8.19. The summed E-state index contributed by atoms with van der Waals surface area (Å²) in [4.78, 5) is 0. The summed E-state index contributed by atoms with van der Waals surface area (Å²) in [5.74, 6) is 3.80. The van der Waals surface area contributed by atoms with Crippen LogP contribution in [0.4, 0.5) is 11.4 Å². The van der Waals surface area contributed by atoms with Gasteiger partial charge in [-0.05, 0) is 42.5 Å². The zero-order valence-electron chi connectivity index (χ0n) is 9.18. The number of ether oxygens (including phenoxy) is 1. The SMILES string of the molecule is C#Cc1ccc(Oc2ccc(N)cc2N)cc1. The third-order valence-electron chi connectivity index (χ3n) is 2.28. The normalized spacial score (nSPS) is 9.59. The maximum atomic E-state index is 5.79. The molecule has 2 rings (SSSR count). The highest BCUT2D eigenvalue weighted by Crippen LogP contribution is 2.28. The molecule has 0 aromatic heterocycles. The molecule has 0 unspecified atom stereocenters. The Morgan fingerprint density at radius 2 is 1.71 bits per heavy atom. The van der Waals surface area contributed by atoms with E-state index in [-0.39, 0.29) is 0 Å². The smallest absolute Gasteiger partial charge is 0.150 e. The van der Waals surface area contributed by atoms with Crippen LogP contribution >= 0.6 is 0 Å². The van der Waals surface area contributed by atoms with Crippen molar-refractivity contribution in [3.05, 3.63) is 48.0 Å². The zero-order valence-corrected chi connectivity index (χ0v) is 9.18. The van der Waals surface area contributed by atoms with Gasteiger partial charge >= 0.3 is 0 Å². The van der Waals surface area contributed by atoms with Gasteiger partial charge in [-0.25, -0.2) is 0 Å². The lowest BCUT2D eigenvalue weighted by Gasteiger charge is -2.08. The number of terminal acetylenes is 1. The molecule has 0 fully saturated rings. The molecule has 0 heterocycles. The Hall–Kier alpha value is -2.60. The lowest BCUT2D eigenvalue weighted by molar-refractivity contribution is 0.485. The van der Waals surface area contributed by atoms with E-state index in [2.05, 4.69) is 5.92 Å². The molecule has 0 spiro atoms. The Morgan fingerprint density at radius 1 is 1.00 bits per heavy atom. The van der Waals surface area contributed by atoms with Crippen LogP contribution in [-0.4, -0.2) is 0 Å². The Balaban J connectivity index is 2.23. The zero-order chi connectivity index (χ0) is 12.3. The molecule has 0 aliphatic rings. The summed E-state index contributed by atoms with van der Waals surface area (Å²) >= 11 is 0. The second-order valence-electron chi connectivity index (χ2n) is 3.57. The Labute approximate surface area is 100 Å². The molecule has 3 nitrogen and oxygen atoms in total. The van der Waals surface area contributed by atoms with Crippen molar-refractivity contribution in [1.82, 2.24) is 0 Å². The first-order valence-electron chi connectivity index (χ1n) is 5.08. The number of hydrogen-bond acceptors (Lipinski definition) is 3. The molecule has 0 saturated heterocycles. The fraction of sp³-hybridized carbons (Fsp3) is 0. The van der Waals surface area contributed by atoms with Crippen molar-refractivity contribution >= 4 is 11.4 Å². The van der Waals surface area contributed by atoms with Crippen LogP contribution in [0.5, 0.6) is 11.5 Å². The van der Waals surface area contributed by atoms with Gasteiger partial charge in [0.1, 0.15) is 11.5 Å². The number of hydrogen-bond donors (Lipinski definition) is 2. The summed E-state index contributed by atoms with van der Waals surface area (Å²) in [6, 6.07) is 12.3. The Kier molecular flexibility index (Phi) is 2.89. The topological polar surface area (TPSA) is 61.3 Å². The fourth-order valence-corrected chi connectivity index (χ4v) is 1.41. The van der Waals surface area contributed by atoms with E-state index in [1.54, 1.807) is 30.3 Å². The molecule has 0 atom stereocenters. The summed E-state index contributed by atoms with van der Waals surface area (Å²) in [5, 5.41) is 0. The molecule has 2 aromatic carbocycles. The van der Waals surface area contributed by atoms with E-state index in [9.17, 15) is 0 Å². The highest BCUT2D eigenvalue weighted by atomic mass is 16.5. The van der Waals surface area contributed by atoms with E-state index >= 15 is 0 Å². The number of nitrogens with two attached hydrogens (primary N) is 2. The largest absolute Gasteiger partial charge is 0.455 e. The highest BCUT2D eigenvalue weighted by Gasteiger charge is 2.02. The van der Waals surface area contributed by atoms with Crippen LogP contribution in [0.2, 0.25) is 0 Å². The first kappa shape index (κ1) is 10.9. The van der Waals surface area contributed by atoms with Crippen LogP contribution in [0, 0.1) is 12.3 Å². The Bertz CT molecular complexity index is 568. The van der Waals surface area contributed by atoms with Crippen LogP contribution in [0.1, 0.15) is 5.56 Å². The van der Waals surface area contributed by atoms with Crippen LogP contribution in [0.15, 0.2) is 42.5 Å². The molecule has 17 heavy (non-hydrogen) atoms. The van der Waals surface area contributed by atoms with Crippen molar-refractivity contribution in [2.75, 3.05) is 11.5 Å². The average Bonchev–Trinajstić information content (AvgIpc) is 2.34. The lowest BCUT2D eigenvalue weighted by atomic mass is 10.2. The highest BCUT2D eigenvalue weighted by molar-refractivity contribution is 5.61. The van der Waals surface area contributed by atoms with Crippen molar-refractivity contribution in [3.8, 4) is 23.8 Å². The third-order valence-corrected chi connectivity index (χ3v) is 2.28. The van der Waals surface area contributed by atoms with E-state index in [1.165, 1.54) is 0 Å². The summed E-state index contributed by atoms with van der Waals surface area (Å²) in [7, 11) is 0. The van der Waals surface area contributed by atoms with Gasteiger partial charge < -0.3 is 16.2 Å². The maximum Gasteiger partial charge on any atom is 0.150 e. The van der Waals surface area contributed by atoms with Gasteiger partial charge in [-0.1, -0.05) is 5.92 Å². The monoisotopic (exact) mass is 224 g/mol. The lowest BCUT2D eigenvalue weighted by Crippen LogP contribution is -1.94. The predicted molar refractivity (Wildman–Crippen MR) is 69.7 cm³/mol. The van der Waals surface area contributed by atoms with Gasteiger partial charge in [-0.2, -0.15) is 0 Å². The van der Waals surface area contributed by atoms with Gasteiger partial charge in [-0.15, -0.1) is 6.42 Å². The van der Waals surface area contributed by atoms with Crippen molar-refractivity contribution < 1.29 is 4.74 Å². The summed E-state index contributed by atoms with van der Waals surface area (Å²) in [6.45, 7) is 0. The van der Waals surface area contributed by atoms with Crippen LogP contribution in [0.3, 0.4) is 0 Å². The fourth-order valence-electron chi connectivity index (χ4n) is 1.41. The van der Waals surface area contributed by atoms with Gasteiger partial charge in [0.2, 0.25) is 0 Å². The second kappa shape index (κ2) is 4.50. The second-order valence-corrected chi connectivity index (χ2v) is 3.57. The minimum absolute atomic E-state index is 0.506. The van der Waals surface area contributed by atoms with Gasteiger partial charge in [0, 0.05) is 11.3 Å². The molecule has 0 radical (unpaired) electrons. The van der Waals surface area contributed by atoms with Crippen LogP contribution in [-0.2, 0) is 0 Å². The molecular weight excluding hydrogens is 212 g/mol. The number of nitrogen functional groups attached to an aromatic ring is 2. The van der Waals surface area contributed by atoms with E-state index in [1.807, 2.05) is 12.1 Å². The van der Waals surface area contributed by atoms with E-state index in [0.29, 0.717) is 22.9 Å². The molecule has 0 bridgehead atoms. The first-order valence-corrected chi connectivity index (χ1v) is 5.08. The van der Waals surface area contributed by atoms with Crippen LogP contribution in [0.25, 0.3) is 0 Å². The molecule has 0 aliphatic heterocycles. The predicted octanol–water partition coefficient (Wildman–Crippen LogP) is 2.62. The van der Waals surface area contributed by atoms with Crippen molar-refractivity contribution in [3.63, 3.8) is 0 Å². The number of benzene rings is 2. The van der Waals surface area contributed by atoms with Crippen molar-refractivity contribution in [2.24, 2.45) is 0 Å². The van der Waals surface area contributed by atoms with Gasteiger partial charge in [0.05, 0.1) is 5.69 Å². The minimum atomic E-state index is 0.506. The molecule has 2 aromatic rings. The van der Waals surface area contributed by atoms with E-state index in [0.717, 1.165) is 5.56 Å². The molecule has 0 saturated carbocycles. The third kappa shape index (κ3) is 2.50. The molecular formula is C14H12N2O. The van der Waals surface area contributed by atoms with Gasteiger partial charge in [0.15, 0.2) is 0 Å². The summed E-state index contributed by atoms with van der Waals surface area (Å²) in [6.07, 6.45) is 5.27.